The van der Waals surface area contributed by atoms with E-state index in [0.29, 0.717) is 12.1 Å². The number of carbonyl (C=O) groups excluding carboxylic acids is 1. The van der Waals surface area contributed by atoms with Gasteiger partial charge in [-0.2, -0.15) is 0 Å². The van der Waals surface area contributed by atoms with Crippen molar-refractivity contribution in [3.63, 3.8) is 0 Å². The zero-order chi connectivity index (χ0) is 16.2. The van der Waals surface area contributed by atoms with Crippen molar-refractivity contribution in [1.29, 1.82) is 0 Å². The Labute approximate surface area is 132 Å². The minimum Gasteiger partial charge on any atom is -0.350 e. The average Bonchev–Trinajstić information content (AvgIpc) is 2.57. The topological polar surface area (TPSA) is 51.1 Å². The van der Waals surface area contributed by atoms with Gasteiger partial charge in [0.25, 0.3) is 0 Å². The number of aromatic nitrogens is 1. The Morgan fingerprint density at radius 3 is 2.65 bits per heavy atom. The van der Waals surface area contributed by atoms with E-state index in [4.69, 9.17) is 0 Å². The maximum Gasteiger partial charge on any atom is 0.240 e. The number of hydrogen-bond acceptors (Lipinski definition) is 2. The maximum atomic E-state index is 13.3. The van der Waals surface area contributed by atoms with E-state index in [9.17, 15) is 14.0 Å². The molecule has 3 rings (SSSR count). The van der Waals surface area contributed by atoms with E-state index < -0.39 is 5.82 Å². The summed E-state index contributed by atoms with van der Waals surface area (Å²) in [5.41, 5.74) is 1.28. The summed E-state index contributed by atoms with van der Waals surface area (Å²) in [6.45, 7) is 0.502. The summed E-state index contributed by atoms with van der Waals surface area (Å²) in [4.78, 5) is 23.9. The van der Waals surface area contributed by atoms with Gasteiger partial charge in [0.15, 0.2) is 5.43 Å². The molecule has 0 spiro atoms. The summed E-state index contributed by atoms with van der Waals surface area (Å²) in [7, 11) is 0. The number of hydrogen-bond donors (Lipinski definition) is 1. The lowest BCUT2D eigenvalue weighted by atomic mass is 10.2. The first-order valence-corrected chi connectivity index (χ1v) is 7.23. The molecule has 1 N–H and O–H groups in total. The number of nitrogens with one attached hydrogen (secondary N) is 1. The second kappa shape index (κ2) is 6.44. The zero-order valence-corrected chi connectivity index (χ0v) is 12.3. The lowest BCUT2D eigenvalue weighted by molar-refractivity contribution is -0.121. The van der Waals surface area contributed by atoms with Crippen LogP contribution in [0.3, 0.4) is 0 Å². The number of nitrogens with zero attached hydrogens (tertiary/aromatic N) is 1. The van der Waals surface area contributed by atoms with E-state index in [0.717, 1.165) is 5.56 Å². The number of benzene rings is 2. The first-order chi connectivity index (χ1) is 11.1. The molecule has 3 aromatic rings. The van der Waals surface area contributed by atoms with Gasteiger partial charge in [0.05, 0.1) is 5.52 Å². The quantitative estimate of drug-likeness (QED) is 0.805. The van der Waals surface area contributed by atoms with Crippen LogP contribution in [0.5, 0.6) is 0 Å². The highest BCUT2D eigenvalue weighted by atomic mass is 19.1. The summed E-state index contributed by atoms with van der Waals surface area (Å²) in [5, 5.41) is 3.09. The van der Waals surface area contributed by atoms with Crippen molar-refractivity contribution in [2.45, 2.75) is 13.1 Å². The van der Waals surface area contributed by atoms with E-state index in [1.165, 1.54) is 24.3 Å². The molecule has 5 heteroatoms. The van der Waals surface area contributed by atoms with Gasteiger partial charge >= 0.3 is 0 Å². The van der Waals surface area contributed by atoms with E-state index in [-0.39, 0.29) is 23.3 Å². The molecule has 116 valence electrons. The van der Waals surface area contributed by atoms with Gasteiger partial charge in [-0.05, 0) is 23.8 Å². The standard InChI is InChI=1S/C18H15FN2O2/c19-14-6-7-16-15(10-14)17(22)8-9-21(16)12-18(23)20-11-13-4-2-1-3-5-13/h1-10H,11-12H2,(H,20,23). The molecule has 0 saturated carbocycles. The molecule has 4 nitrogen and oxygen atoms in total. The Morgan fingerprint density at radius 1 is 1.09 bits per heavy atom. The molecule has 0 saturated heterocycles. The third-order valence-corrected chi connectivity index (χ3v) is 3.59. The van der Waals surface area contributed by atoms with Gasteiger partial charge in [0, 0.05) is 24.2 Å². The molecular weight excluding hydrogens is 295 g/mol. The Morgan fingerprint density at radius 2 is 1.87 bits per heavy atom. The van der Waals surface area contributed by atoms with Crippen molar-refractivity contribution < 1.29 is 9.18 Å². The fourth-order valence-corrected chi connectivity index (χ4v) is 2.43. The molecule has 0 aliphatic heterocycles. The SMILES string of the molecule is O=C(Cn1ccc(=O)c2cc(F)ccc21)NCc1ccccc1. The van der Waals surface area contributed by atoms with Crippen molar-refractivity contribution in [3.05, 3.63) is 82.4 Å². The molecule has 0 radical (unpaired) electrons. The zero-order valence-electron chi connectivity index (χ0n) is 12.3. The van der Waals surface area contributed by atoms with Gasteiger partial charge in [0.1, 0.15) is 12.4 Å². The summed E-state index contributed by atoms with van der Waals surface area (Å²) >= 11 is 0. The summed E-state index contributed by atoms with van der Waals surface area (Å²) in [6.07, 6.45) is 1.55. The Kier molecular flexibility index (Phi) is 4.19. The molecule has 1 heterocycles. The molecule has 0 atom stereocenters. The molecule has 0 unspecified atom stereocenters. The van der Waals surface area contributed by atoms with Crippen molar-refractivity contribution in [2.75, 3.05) is 0 Å². The number of rotatable bonds is 4. The van der Waals surface area contributed by atoms with Crippen LogP contribution in [-0.4, -0.2) is 10.5 Å². The van der Waals surface area contributed by atoms with E-state index in [1.807, 2.05) is 30.3 Å². The fraction of sp³-hybridized carbons (Fsp3) is 0.111. The molecular formula is C18H15FN2O2. The smallest absolute Gasteiger partial charge is 0.240 e. The van der Waals surface area contributed by atoms with Gasteiger partial charge in [-0.1, -0.05) is 30.3 Å². The number of pyridine rings is 1. The lowest BCUT2D eigenvalue weighted by Gasteiger charge is -2.11. The van der Waals surface area contributed by atoms with E-state index >= 15 is 0 Å². The molecule has 2 aromatic carbocycles. The highest BCUT2D eigenvalue weighted by molar-refractivity contribution is 5.82. The van der Waals surface area contributed by atoms with Crippen LogP contribution in [-0.2, 0) is 17.9 Å². The molecule has 0 aliphatic rings. The van der Waals surface area contributed by atoms with Crippen molar-refractivity contribution in [3.8, 4) is 0 Å². The van der Waals surface area contributed by atoms with E-state index in [2.05, 4.69) is 5.32 Å². The number of fused-ring (bicyclic) bond motifs is 1. The number of amides is 1. The Balaban J connectivity index is 1.77. The third-order valence-electron chi connectivity index (χ3n) is 3.59. The van der Waals surface area contributed by atoms with Gasteiger partial charge in [0.2, 0.25) is 5.91 Å². The summed E-state index contributed by atoms with van der Waals surface area (Å²) in [6, 6.07) is 14.9. The molecule has 23 heavy (non-hydrogen) atoms. The first kappa shape index (κ1) is 15.0. The minimum atomic E-state index is -0.471. The van der Waals surface area contributed by atoms with Crippen LogP contribution in [0.4, 0.5) is 4.39 Å². The Hall–Kier alpha value is -2.95. The monoisotopic (exact) mass is 310 g/mol. The highest BCUT2D eigenvalue weighted by Crippen LogP contribution is 2.12. The van der Waals surface area contributed by atoms with Gasteiger partial charge < -0.3 is 9.88 Å². The summed E-state index contributed by atoms with van der Waals surface area (Å²) in [5.74, 6) is -0.649. The van der Waals surface area contributed by atoms with Crippen LogP contribution in [0.2, 0.25) is 0 Å². The highest BCUT2D eigenvalue weighted by Gasteiger charge is 2.08. The molecule has 0 bridgehead atoms. The third kappa shape index (κ3) is 3.45. The van der Waals surface area contributed by atoms with Gasteiger partial charge in [-0.15, -0.1) is 0 Å². The molecule has 0 fully saturated rings. The largest absolute Gasteiger partial charge is 0.350 e. The number of halogens is 1. The van der Waals surface area contributed by atoms with Gasteiger partial charge in [-0.3, -0.25) is 9.59 Å². The number of carbonyl (C=O) groups is 1. The van der Waals surface area contributed by atoms with Crippen molar-refractivity contribution in [2.24, 2.45) is 0 Å². The normalized spacial score (nSPS) is 10.7. The predicted molar refractivity (Wildman–Crippen MR) is 86.5 cm³/mol. The van der Waals surface area contributed by atoms with Crippen molar-refractivity contribution in [1.82, 2.24) is 9.88 Å². The Bertz CT molecular complexity index is 904. The van der Waals surface area contributed by atoms with Crippen LogP contribution < -0.4 is 10.7 Å². The fourth-order valence-electron chi connectivity index (χ4n) is 2.43. The van der Waals surface area contributed by atoms with Crippen LogP contribution in [0.1, 0.15) is 5.56 Å². The predicted octanol–water partition coefficient (Wildman–Crippen LogP) is 2.46. The summed E-state index contributed by atoms with van der Waals surface area (Å²) < 4.78 is 14.9. The second-order valence-corrected chi connectivity index (χ2v) is 5.23. The average molecular weight is 310 g/mol. The van der Waals surface area contributed by atoms with Crippen LogP contribution in [0.15, 0.2) is 65.6 Å². The van der Waals surface area contributed by atoms with Gasteiger partial charge in [-0.25, -0.2) is 4.39 Å². The maximum absolute atomic E-state index is 13.3. The van der Waals surface area contributed by atoms with Crippen molar-refractivity contribution >= 4 is 16.8 Å². The minimum absolute atomic E-state index is 0.0647. The molecule has 1 aromatic heterocycles. The van der Waals surface area contributed by atoms with Crippen LogP contribution in [0.25, 0.3) is 10.9 Å². The van der Waals surface area contributed by atoms with E-state index in [1.54, 1.807) is 10.8 Å². The van der Waals surface area contributed by atoms with Crippen LogP contribution >= 0.6 is 0 Å². The van der Waals surface area contributed by atoms with Crippen LogP contribution in [0, 0.1) is 5.82 Å². The second-order valence-electron chi connectivity index (χ2n) is 5.23. The molecule has 0 aliphatic carbocycles. The first-order valence-electron chi connectivity index (χ1n) is 7.23. The lowest BCUT2D eigenvalue weighted by Crippen LogP contribution is -2.27. The molecule has 1 amide bonds.